The van der Waals surface area contributed by atoms with Crippen molar-refractivity contribution in [1.82, 2.24) is 0 Å². The van der Waals surface area contributed by atoms with Crippen molar-refractivity contribution in [1.29, 1.82) is 0 Å². The Bertz CT molecular complexity index is 294. The van der Waals surface area contributed by atoms with Crippen LogP contribution in [0.5, 0.6) is 11.5 Å². The van der Waals surface area contributed by atoms with E-state index < -0.39 is 0 Å². The first-order valence-electron chi connectivity index (χ1n) is 4.78. The molecule has 1 heterocycles. The molecule has 0 fully saturated rings. The van der Waals surface area contributed by atoms with E-state index in [9.17, 15) is 0 Å². The van der Waals surface area contributed by atoms with Crippen molar-refractivity contribution >= 4 is 0 Å². The lowest BCUT2D eigenvalue weighted by Crippen LogP contribution is -1.92. The molecule has 14 heavy (non-hydrogen) atoms. The van der Waals surface area contributed by atoms with Gasteiger partial charge in [-0.1, -0.05) is 26.8 Å². The van der Waals surface area contributed by atoms with Crippen LogP contribution in [0.3, 0.4) is 0 Å². The minimum atomic E-state index is 0. The molecule has 0 atom stereocenters. The quantitative estimate of drug-likeness (QED) is 0.734. The standard InChI is InChI=1S/C11H14O2.CH4/c1-2-3-4-9-5-6-10-11(7-9)13-8-12-10;/h5-7H,2-4,8H2,1H3;1H4. The third-order valence-electron chi connectivity index (χ3n) is 2.26. The second-order valence-electron chi connectivity index (χ2n) is 3.29. The minimum Gasteiger partial charge on any atom is -0.454 e. The number of benzene rings is 1. The molecule has 0 aliphatic carbocycles. The molecule has 0 saturated carbocycles. The van der Waals surface area contributed by atoms with Crippen LogP contribution < -0.4 is 9.47 Å². The molecule has 0 saturated heterocycles. The van der Waals surface area contributed by atoms with Gasteiger partial charge in [0.1, 0.15) is 0 Å². The van der Waals surface area contributed by atoms with E-state index in [-0.39, 0.29) is 7.43 Å². The zero-order chi connectivity index (χ0) is 9.10. The van der Waals surface area contributed by atoms with Crippen LogP contribution in [-0.2, 0) is 6.42 Å². The van der Waals surface area contributed by atoms with Crippen LogP contribution >= 0.6 is 0 Å². The largest absolute Gasteiger partial charge is 0.454 e. The van der Waals surface area contributed by atoms with E-state index in [2.05, 4.69) is 19.1 Å². The van der Waals surface area contributed by atoms with Crippen LogP contribution in [0.1, 0.15) is 32.8 Å². The summed E-state index contributed by atoms with van der Waals surface area (Å²) in [7, 11) is 0. The maximum Gasteiger partial charge on any atom is 0.231 e. The fourth-order valence-corrected chi connectivity index (χ4v) is 1.48. The second kappa shape index (κ2) is 4.89. The van der Waals surface area contributed by atoms with E-state index in [1.165, 1.54) is 18.4 Å². The first-order valence-corrected chi connectivity index (χ1v) is 4.78. The zero-order valence-electron chi connectivity index (χ0n) is 7.88. The first kappa shape index (κ1) is 10.9. The van der Waals surface area contributed by atoms with Gasteiger partial charge < -0.3 is 9.47 Å². The van der Waals surface area contributed by atoms with Crippen molar-refractivity contribution < 1.29 is 9.47 Å². The molecule has 2 nitrogen and oxygen atoms in total. The first-order chi connectivity index (χ1) is 6.40. The van der Waals surface area contributed by atoms with Crippen LogP contribution in [0.15, 0.2) is 18.2 Å². The Kier molecular flexibility index (Phi) is 3.81. The van der Waals surface area contributed by atoms with Crippen molar-refractivity contribution in [3.8, 4) is 11.5 Å². The summed E-state index contributed by atoms with van der Waals surface area (Å²) < 4.78 is 10.5. The molecule has 2 rings (SSSR count). The molecule has 1 aliphatic heterocycles. The molecule has 0 unspecified atom stereocenters. The molecule has 0 radical (unpaired) electrons. The van der Waals surface area contributed by atoms with Gasteiger partial charge in [0, 0.05) is 0 Å². The van der Waals surface area contributed by atoms with Gasteiger partial charge in [0.15, 0.2) is 11.5 Å². The van der Waals surface area contributed by atoms with E-state index in [4.69, 9.17) is 9.47 Å². The summed E-state index contributed by atoms with van der Waals surface area (Å²) in [6.45, 7) is 2.57. The third-order valence-corrected chi connectivity index (χ3v) is 2.26. The fraction of sp³-hybridized carbons (Fsp3) is 0.500. The molecular formula is C12H18O2. The van der Waals surface area contributed by atoms with Gasteiger partial charge in [0.25, 0.3) is 0 Å². The molecule has 1 aromatic rings. The summed E-state index contributed by atoms with van der Waals surface area (Å²) >= 11 is 0. The zero-order valence-corrected chi connectivity index (χ0v) is 7.88. The van der Waals surface area contributed by atoms with Crippen molar-refractivity contribution in [2.45, 2.75) is 33.6 Å². The molecule has 0 N–H and O–H groups in total. The summed E-state index contributed by atoms with van der Waals surface area (Å²) in [6.07, 6.45) is 3.60. The molecule has 2 heteroatoms. The van der Waals surface area contributed by atoms with E-state index in [1.54, 1.807) is 0 Å². The summed E-state index contributed by atoms with van der Waals surface area (Å²) in [5, 5.41) is 0. The average Bonchev–Trinajstić information content (AvgIpc) is 2.61. The normalized spacial score (nSPS) is 12.4. The number of hydrogen-bond donors (Lipinski definition) is 0. The van der Waals surface area contributed by atoms with Crippen LogP contribution in [0.2, 0.25) is 0 Å². The van der Waals surface area contributed by atoms with E-state index >= 15 is 0 Å². The molecule has 1 aliphatic rings. The van der Waals surface area contributed by atoms with Gasteiger partial charge in [-0.25, -0.2) is 0 Å². The van der Waals surface area contributed by atoms with E-state index in [1.807, 2.05) is 6.07 Å². The van der Waals surface area contributed by atoms with E-state index in [0.29, 0.717) is 6.79 Å². The monoisotopic (exact) mass is 194 g/mol. The molecule has 0 amide bonds. The fourth-order valence-electron chi connectivity index (χ4n) is 1.48. The Morgan fingerprint density at radius 2 is 2.00 bits per heavy atom. The highest BCUT2D eigenvalue weighted by Gasteiger charge is 2.12. The van der Waals surface area contributed by atoms with Gasteiger partial charge >= 0.3 is 0 Å². The second-order valence-corrected chi connectivity index (χ2v) is 3.29. The Labute approximate surface area is 85.8 Å². The SMILES string of the molecule is C.CCCCc1ccc2c(c1)OCO2. The number of fused-ring (bicyclic) bond motifs is 1. The van der Waals surface area contributed by atoms with Crippen molar-refractivity contribution in [3.63, 3.8) is 0 Å². The lowest BCUT2D eigenvalue weighted by Gasteiger charge is -2.01. The predicted molar refractivity (Wildman–Crippen MR) is 57.9 cm³/mol. The molecule has 0 bridgehead atoms. The lowest BCUT2D eigenvalue weighted by molar-refractivity contribution is 0.174. The van der Waals surface area contributed by atoms with Crippen molar-refractivity contribution in [3.05, 3.63) is 23.8 Å². The van der Waals surface area contributed by atoms with Crippen molar-refractivity contribution in [2.75, 3.05) is 6.79 Å². The highest BCUT2D eigenvalue weighted by Crippen LogP contribution is 2.32. The van der Waals surface area contributed by atoms with Crippen LogP contribution in [-0.4, -0.2) is 6.79 Å². The summed E-state index contributed by atoms with van der Waals surface area (Å²) in [6, 6.07) is 6.19. The number of aryl methyl sites for hydroxylation is 1. The van der Waals surface area contributed by atoms with Crippen LogP contribution in [0, 0.1) is 0 Å². The number of hydrogen-bond acceptors (Lipinski definition) is 2. The minimum absolute atomic E-state index is 0. The number of ether oxygens (including phenoxy) is 2. The molecule has 0 aromatic heterocycles. The summed E-state index contributed by atoms with van der Waals surface area (Å²) in [5.41, 5.74) is 1.34. The average molecular weight is 194 g/mol. The van der Waals surface area contributed by atoms with Crippen LogP contribution in [0.4, 0.5) is 0 Å². The Balaban J connectivity index is 0.000000980. The number of rotatable bonds is 3. The molecule has 1 aromatic carbocycles. The van der Waals surface area contributed by atoms with Crippen molar-refractivity contribution in [2.24, 2.45) is 0 Å². The summed E-state index contributed by atoms with van der Waals surface area (Å²) in [4.78, 5) is 0. The molecule has 0 spiro atoms. The molecular weight excluding hydrogens is 176 g/mol. The Morgan fingerprint density at radius 1 is 1.21 bits per heavy atom. The van der Waals surface area contributed by atoms with Gasteiger partial charge in [-0.3, -0.25) is 0 Å². The lowest BCUT2D eigenvalue weighted by atomic mass is 10.1. The highest BCUT2D eigenvalue weighted by molar-refractivity contribution is 5.44. The topological polar surface area (TPSA) is 18.5 Å². The Morgan fingerprint density at radius 3 is 2.79 bits per heavy atom. The third kappa shape index (κ3) is 2.19. The van der Waals surface area contributed by atoms with Crippen LogP contribution in [0.25, 0.3) is 0 Å². The van der Waals surface area contributed by atoms with Gasteiger partial charge in [-0.15, -0.1) is 0 Å². The summed E-state index contributed by atoms with van der Waals surface area (Å²) in [5.74, 6) is 1.77. The van der Waals surface area contributed by atoms with Gasteiger partial charge in [-0.2, -0.15) is 0 Å². The van der Waals surface area contributed by atoms with Gasteiger partial charge in [0.2, 0.25) is 6.79 Å². The predicted octanol–water partition coefficient (Wildman–Crippen LogP) is 3.39. The van der Waals surface area contributed by atoms with E-state index in [0.717, 1.165) is 17.9 Å². The maximum absolute atomic E-state index is 5.30. The Hall–Kier alpha value is -1.18. The maximum atomic E-state index is 5.30. The highest BCUT2D eigenvalue weighted by atomic mass is 16.7. The molecule has 78 valence electrons. The van der Waals surface area contributed by atoms with Gasteiger partial charge in [0.05, 0.1) is 0 Å². The van der Waals surface area contributed by atoms with Gasteiger partial charge in [-0.05, 0) is 30.5 Å². The smallest absolute Gasteiger partial charge is 0.231 e. The number of unbranched alkanes of at least 4 members (excludes halogenated alkanes) is 1.